The van der Waals surface area contributed by atoms with E-state index in [-0.39, 0.29) is 0 Å². The third-order valence-electron chi connectivity index (χ3n) is 3.00. The van der Waals surface area contributed by atoms with Crippen LogP contribution in [0.4, 0.5) is 0 Å². The van der Waals surface area contributed by atoms with Crippen LogP contribution in [0.2, 0.25) is 0 Å². The molecule has 0 bridgehead atoms. The van der Waals surface area contributed by atoms with Crippen molar-refractivity contribution in [3.05, 3.63) is 18.2 Å². The fraction of sp³-hybridized carbons (Fsp3) is 0.700. The minimum absolute atomic E-state index is 0.611. The summed E-state index contributed by atoms with van der Waals surface area (Å²) in [6, 6.07) is 1.31. The molecule has 1 aliphatic heterocycles. The van der Waals surface area contributed by atoms with E-state index in [1.165, 1.54) is 6.42 Å². The maximum Gasteiger partial charge on any atom is 0.120 e. The standard InChI is InChI=1S/C10H18N4/c1-8-5-9(7-14(8)2)13-6-10-11-3-4-12-10/h3-4,8-9,13H,5-7H2,1-2H3,(H,11,12). The summed E-state index contributed by atoms with van der Waals surface area (Å²) >= 11 is 0. The van der Waals surface area contributed by atoms with Gasteiger partial charge in [0, 0.05) is 31.0 Å². The summed E-state index contributed by atoms with van der Waals surface area (Å²) in [5.41, 5.74) is 0. The van der Waals surface area contributed by atoms with Crippen LogP contribution in [0.5, 0.6) is 0 Å². The molecule has 2 rings (SSSR count). The largest absolute Gasteiger partial charge is 0.348 e. The molecule has 0 radical (unpaired) electrons. The van der Waals surface area contributed by atoms with Crippen LogP contribution in [-0.2, 0) is 6.54 Å². The van der Waals surface area contributed by atoms with Crippen LogP contribution in [0.1, 0.15) is 19.2 Å². The summed E-state index contributed by atoms with van der Waals surface area (Å²) in [7, 11) is 2.18. The Kier molecular flexibility index (Phi) is 2.84. The maximum atomic E-state index is 4.18. The molecule has 2 atom stereocenters. The summed E-state index contributed by atoms with van der Waals surface area (Å²) in [5, 5.41) is 3.51. The highest BCUT2D eigenvalue weighted by molar-refractivity contribution is 4.90. The number of likely N-dealkylation sites (tertiary alicyclic amines) is 1. The predicted molar refractivity (Wildman–Crippen MR) is 55.9 cm³/mol. The number of rotatable bonds is 3. The number of imidazole rings is 1. The minimum Gasteiger partial charge on any atom is -0.348 e. The lowest BCUT2D eigenvalue weighted by Crippen LogP contribution is -2.31. The molecule has 1 aromatic rings. The Hall–Kier alpha value is -0.870. The van der Waals surface area contributed by atoms with Gasteiger partial charge < -0.3 is 15.2 Å². The highest BCUT2D eigenvalue weighted by Crippen LogP contribution is 2.14. The van der Waals surface area contributed by atoms with Gasteiger partial charge in [-0.15, -0.1) is 0 Å². The van der Waals surface area contributed by atoms with E-state index in [4.69, 9.17) is 0 Å². The Labute approximate surface area is 84.7 Å². The third-order valence-corrected chi connectivity index (χ3v) is 3.00. The molecule has 1 fully saturated rings. The lowest BCUT2D eigenvalue weighted by Gasteiger charge is -2.12. The molecule has 2 unspecified atom stereocenters. The summed E-state index contributed by atoms with van der Waals surface area (Å²) in [6.07, 6.45) is 4.89. The van der Waals surface area contributed by atoms with E-state index < -0.39 is 0 Å². The van der Waals surface area contributed by atoms with Crippen LogP contribution < -0.4 is 5.32 Å². The molecule has 1 aromatic heterocycles. The zero-order chi connectivity index (χ0) is 9.97. The Balaban J connectivity index is 1.77. The first-order chi connectivity index (χ1) is 6.75. The van der Waals surface area contributed by atoms with Crippen molar-refractivity contribution in [3.63, 3.8) is 0 Å². The molecule has 2 heterocycles. The highest BCUT2D eigenvalue weighted by Gasteiger charge is 2.25. The first-order valence-corrected chi connectivity index (χ1v) is 5.17. The number of aromatic nitrogens is 2. The van der Waals surface area contributed by atoms with Crippen LogP contribution >= 0.6 is 0 Å². The molecule has 4 heteroatoms. The minimum atomic E-state index is 0.611. The first-order valence-electron chi connectivity index (χ1n) is 5.17. The quantitative estimate of drug-likeness (QED) is 0.740. The second-order valence-electron chi connectivity index (χ2n) is 4.14. The molecule has 4 nitrogen and oxygen atoms in total. The second kappa shape index (κ2) is 4.11. The van der Waals surface area contributed by atoms with E-state index in [0.717, 1.165) is 18.9 Å². The van der Waals surface area contributed by atoms with Crippen molar-refractivity contribution >= 4 is 0 Å². The first kappa shape index (κ1) is 9.68. The summed E-state index contributed by atoms with van der Waals surface area (Å²) in [4.78, 5) is 9.67. The molecule has 0 saturated carbocycles. The lowest BCUT2D eigenvalue weighted by molar-refractivity contribution is 0.326. The normalized spacial score (nSPS) is 28.4. The number of H-pyrrole nitrogens is 1. The van der Waals surface area contributed by atoms with Gasteiger partial charge in [0.2, 0.25) is 0 Å². The van der Waals surface area contributed by atoms with Gasteiger partial charge in [-0.05, 0) is 20.4 Å². The average Bonchev–Trinajstić information content (AvgIpc) is 2.74. The van der Waals surface area contributed by atoms with E-state index in [0.29, 0.717) is 12.1 Å². The lowest BCUT2D eigenvalue weighted by atomic mass is 10.2. The molecule has 14 heavy (non-hydrogen) atoms. The zero-order valence-corrected chi connectivity index (χ0v) is 8.83. The molecule has 0 aliphatic carbocycles. The van der Waals surface area contributed by atoms with E-state index in [1.54, 1.807) is 6.20 Å². The molecule has 1 saturated heterocycles. The molecule has 0 aromatic carbocycles. The van der Waals surface area contributed by atoms with Crippen LogP contribution in [0, 0.1) is 0 Å². The Morgan fingerprint density at radius 1 is 1.71 bits per heavy atom. The highest BCUT2D eigenvalue weighted by atomic mass is 15.2. The Bertz CT molecular complexity index is 260. The van der Waals surface area contributed by atoms with Gasteiger partial charge in [0.15, 0.2) is 0 Å². The fourth-order valence-corrected chi connectivity index (χ4v) is 1.98. The summed E-state index contributed by atoms with van der Waals surface area (Å²) in [5.74, 6) is 1.02. The molecule has 78 valence electrons. The van der Waals surface area contributed by atoms with Crippen molar-refractivity contribution in [2.45, 2.75) is 32.0 Å². The van der Waals surface area contributed by atoms with Crippen molar-refractivity contribution in [1.82, 2.24) is 20.2 Å². The van der Waals surface area contributed by atoms with Crippen LogP contribution in [0.3, 0.4) is 0 Å². The summed E-state index contributed by atoms with van der Waals surface area (Å²) in [6.45, 7) is 4.26. The van der Waals surface area contributed by atoms with Gasteiger partial charge in [0.1, 0.15) is 5.82 Å². The number of hydrogen-bond donors (Lipinski definition) is 2. The number of nitrogens with one attached hydrogen (secondary N) is 2. The Morgan fingerprint density at radius 3 is 3.14 bits per heavy atom. The molecule has 2 N–H and O–H groups in total. The fourth-order valence-electron chi connectivity index (χ4n) is 1.98. The number of likely N-dealkylation sites (N-methyl/N-ethyl adjacent to an activating group) is 1. The van der Waals surface area contributed by atoms with Gasteiger partial charge in [-0.3, -0.25) is 0 Å². The van der Waals surface area contributed by atoms with Crippen LogP contribution in [-0.4, -0.2) is 40.5 Å². The van der Waals surface area contributed by atoms with Crippen LogP contribution in [0.15, 0.2) is 12.4 Å². The van der Waals surface area contributed by atoms with Gasteiger partial charge in [-0.25, -0.2) is 4.98 Å². The van der Waals surface area contributed by atoms with Gasteiger partial charge in [0.05, 0.1) is 6.54 Å². The van der Waals surface area contributed by atoms with Gasteiger partial charge >= 0.3 is 0 Å². The van der Waals surface area contributed by atoms with Crippen LogP contribution in [0.25, 0.3) is 0 Å². The maximum absolute atomic E-state index is 4.18. The smallest absolute Gasteiger partial charge is 0.120 e. The zero-order valence-electron chi connectivity index (χ0n) is 8.83. The van der Waals surface area contributed by atoms with Crippen molar-refractivity contribution in [1.29, 1.82) is 0 Å². The van der Waals surface area contributed by atoms with E-state index in [2.05, 4.69) is 34.2 Å². The topological polar surface area (TPSA) is 44.0 Å². The second-order valence-corrected chi connectivity index (χ2v) is 4.14. The molecule has 0 spiro atoms. The molecule has 0 amide bonds. The van der Waals surface area contributed by atoms with Gasteiger partial charge in [0.25, 0.3) is 0 Å². The SMILES string of the molecule is CC1CC(NCc2ncc[nH]2)CN1C. The molecular weight excluding hydrogens is 176 g/mol. The molecule has 1 aliphatic rings. The van der Waals surface area contributed by atoms with Crippen molar-refractivity contribution in [2.24, 2.45) is 0 Å². The molecular formula is C10H18N4. The number of nitrogens with zero attached hydrogens (tertiary/aromatic N) is 2. The Morgan fingerprint density at radius 2 is 2.57 bits per heavy atom. The van der Waals surface area contributed by atoms with Gasteiger partial charge in [-0.2, -0.15) is 0 Å². The van der Waals surface area contributed by atoms with Crippen molar-refractivity contribution in [3.8, 4) is 0 Å². The average molecular weight is 194 g/mol. The monoisotopic (exact) mass is 194 g/mol. The van der Waals surface area contributed by atoms with E-state index >= 15 is 0 Å². The van der Waals surface area contributed by atoms with E-state index in [1.807, 2.05) is 6.20 Å². The number of hydrogen-bond acceptors (Lipinski definition) is 3. The van der Waals surface area contributed by atoms with Gasteiger partial charge in [-0.1, -0.05) is 0 Å². The van der Waals surface area contributed by atoms with E-state index in [9.17, 15) is 0 Å². The number of aromatic amines is 1. The third kappa shape index (κ3) is 2.13. The van der Waals surface area contributed by atoms with Crippen molar-refractivity contribution in [2.75, 3.05) is 13.6 Å². The van der Waals surface area contributed by atoms with Crippen molar-refractivity contribution < 1.29 is 0 Å². The predicted octanol–water partition coefficient (Wildman–Crippen LogP) is 0.592. The summed E-state index contributed by atoms with van der Waals surface area (Å²) < 4.78 is 0.